The predicted octanol–water partition coefficient (Wildman–Crippen LogP) is 2.62. The minimum absolute atomic E-state index is 0.386. The molecule has 1 aliphatic rings. The first-order valence-corrected chi connectivity index (χ1v) is 7.55. The number of aryl methyl sites for hydroxylation is 1. The van der Waals surface area contributed by atoms with Crippen LogP contribution >= 0.6 is 11.8 Å². The number of hydrogen-bond acceptors (Lipinski definition) is 3. The lowest BCUT2D eigenvalue weighted by molar-refractivity contribution is 0.597. The van der Waals surface area contributed by atoms with Crippen molar-refractivity contribution in [2.75, 3.05) is 5.75 Å². The van der Waals surface area contributed by atoms with E-state index < -0.39 is 10.0 Å². The predicted molar refractivity (Wildman–Crippen MR) is 67.0 cm³/mol. The van der Waals surface area contributed by atoms with Crippen LogP contribution in [0.15, 0.2) is 26.3 Å². The highest BCUT2D eigenvalue weighted by atomic mass is 32.2. The Labute approximate surface area is 100 Å². The summed E-state index contributed by atoms with van der Waals surface area (Å²) in [4.78, 5) is 1.21. The van der Waals surface area contributed by atoms with Crippen LogP contribution in [0, 0.1) is 6.92 Å². The molecule has 0 aromatic heterocycles. The third-order valence-corrected chi connectivity index (χ3v) is 5.01. The first-order valence-electron chi connectivity index (χ1n) is 5.12. The van der Waals surface area contributed by atoms with E-state index in [0.29, 0.717) is 4.90 Å². The fourth-order valence-electron chi connectivity index (χ4n) is 1.64. The summed E-state index contributed by atoms with van der Waals surface area (Å²) in [5.41, 5.74) is 1.79. The van der Waals surface area contributed by atoms with Gasteiger partial charge < -0.3 is 0 Å². The zero-order chi connectivity index (χ0) is 11.8. The van der Waals surface area contributed by atoms with Crippen LogP contribution in [0.3, 0.4) is 0 Å². The van der Waals surface area contributed by atoms with Crippen molar-refractivity contribution in [3.05, 3.63) is 23.3 Å². The molecule has 0 saturated carbocycles. The summed E-state index contributed by atoms with van der Waals surface area (Å²) in [5, 5.41) is 0. The number of sulfonamides is 1. The highest BCUT2D eigenvalue weighted by molar-refractivity contribution is 8.00. The molecule has 0 N–H and O–H groups in total. The van der Waals surface area contributed by atoms with E-state index in [1.54, 1.807) is 11.8 Å². The number of benzene rings is 1. The summed E-state index contributed by atoms with van der Waals surface area (Å²) < 4.78 is 27.1. The fourth-order valence-corrected chi connectivity index (χ4v) is 4.15. The summed E-state index contributed by atoms with van der Waals surface area (Å²) >= 11 is 1.58. The minimum atomic E-state index is -3.43. The van der Waals surface area contributed by atoms with E-state index in [0.717, 1.165) is 28.2 Å². The largest absolute Gasteiger partial charge is 0.284 e. The molecule has 0 unspecified atom stereocenters. The quantitative estimate of drug-likeness (QED) is 0.780. The maximum Gasteiger partial charge on any atom is 0.284 e. The monoisotopic (exact) mass is 255 g/mol. The molecule has 0 bridgehead atoms. The van der Waals surface area contributed by atoms with E-state index in [9.17, 15) is 8.42 Å². The van der Waals surface area contributed by atoms with Crippen molar-refractivity contribution in [1.82, 2.24) is 0 Å². The average molecular weight is 255 g/mol. The van der Waals surface area contributed by atoms with Crippen LogP contribution in [0.1, 0.15) is 24.5 Å². The molecular formula is C11H13NO2S2. The third kappa shape index (κ3) is 2.01. The van der Waals surface area contributed by atoms with Crippen molar-refractivity contribution in [2.24, 2.45) is 4.40 Å². The molecule has 0 amide bonds. The standard InChI is InChI=1S/C11H13NO2S2/c1-3-4-15-10-6-8(2)5-9-7-12-16(13,14)11(9)10/h5-7H,3-4H2,1-2H3. The highest BCUT2D eigenvalue weighted by Crippen LogP contribution is 2.34. The summed E-state index contributed by atoms with van der Waals surface area (Å²) in [6, 6.07) is 3.78. The molecule has 86 valence electrons. The smallest absolute Gasteiger partial charge is 0.199 e. The molecule has 1 aliphatic heterocycles. The number of hydrogen-bond donors (Lipinski definition) is 0. The second kappa shape index (κ2) is 4.22. The molecule has 1 aromatic carbocycles. The normalized spacial score (nSPS) is 16.4. The van der Waals surface area contributed by atoms with Crippen molar-refractivity contribution >= 4 is 28.0 Å². The Kier molecular flexibility index (Phi) is 3.08. The third-order valence-electron chi connectivity index (χ3n) is 2.28. The molecule has 0 aliphatic carbocycles. The molecular weight excluding hydrogens is 242 g/mol. The molecule has 16 heavy (non-hydrogen) atoms. The summed E-state index contributed by atoms with van der Waals surface area (Å²) in [6.45, 7) is 4.04. The van der Waals surface area contributed by atoms with E-state index in [4.69, 9.17) is 0 Å². The molecule has 2 rings (SSSR count). The van der Waals surface area contributed by atoms with E-state index in [-0.39, 0.29) is 0 Å². The second-order valence-corrected chi connectivity index (χ2v) is 6.45. The fraction of sp³-hybridized carbons (Fsp3) is 0.364. The van der Waals surface area contributed by atoms with E-state index in [1.807, 2.05) is 19.1 Å². The summed E-state index contributed by atoms with van der Waals surface area (Å²) in [6.07, 6.45) is 2.46. The van der Waals surface area contributed by atoms with Gasteiger partial charge in [0.2, 0.25) is 0 Å². The van der Waals surface area contributed by atoms with Crippen molar-refractivity contribution in [2.45, 2.75) is 30.1 Å². The van der Waals surface area contributed by atoms with Gasteiger partial charge >= 0.3 is 0 Å². The van der Waals surface area contributed by atoms with Crippen LogP contribution in [0.5, 0.6) is 0 Å². The van der Waals surface area contributed by atoms with Crippen molar-refractivity contribution in [3.8, 4) is 0 Å². The van der Waals surface area contributed by atoms with Crippen LogP contribution in [0.4, 0.5) is 0 Å². The van der Waals surface area contributed by atoms with E-state index in [1.165, 1.54) is 6.21 Å². The zero-order valence-corrected chi connectivity index (χ0v) is 10.9. The Balaban J connectivity index is 2.55. The van der Waals surface area contributed by atoms with Gasteiger partial charge in [0.25, 0.3) is 10.0 Å². The number of rotatable bonds is 3. The van der Waals surface area contributed by atoms with Gasteiger partial charge in [-0.15, -0.1) is 11.8 Å². The van der Waals surface area contributed by atoms with Crippen LogP contribution in [-0.4, -0.2) is 20.4 Å². The Morgan fingerprint density at radius 3 is 2.81 bits per heavy atom. The molecule has 1 heterocycles. The lowest BCUT2D eigenvalue weighted by atomic mass is 10.1. The van der Waals surface area contributed by atoms with Gasteiger partial charge in [0, 0.05) is 16.7 Å². The average Bonchev–Trinajstić information content (AvgIpc) is 2.51. The first kappa shape index (κ1) is 11.7. The van der Waals surface area contributed by atoms with Crippen LogP contribution < -0.4 is 0 Å². The number of nitrogens with zero attached hydrogens (tertiary/aromatic N) is 1. The molecule has 0 fully saturated rings. The van der Waals surface area contributed by atoms with Gasteiger partial charge in [0.1, 0.15) is 4.90 Å². The lowest BCUT2D eigenvalue weighted by Crippen LogP contribution is -1.97. The number of fused-ring (bicyclic) bond motifs is 1. The van der Waals surface area contributed by atoms with Gasteiger partial charge in [0.05, 0.1) is 0 Å². The highest BCUT2D eigenvalue weighted by Gasteiger charge is 2.26. The van der Waals surface area contributed by atoms with Crippen LogP contribution in [0.2, 0.25) is 0 Å². The van der Waals surface area contributed by atoms with Crippen LogP contribution in [0.25, 0.3) is 0 Å². The molecule has 0 atom stereocenters. The Morgan fingerprint density at radius 1 is 1.38 bits per heavy atom. The topological polar surface area (TPSA) is 46.5 Å². The zero-order valence-electron chi connectivity index (χ0n) is 9.23. The summed E-state index contributed by atoms with van der Waals surface area (Å²) in [7, 11) is -3.43. The van der Waals surface area contributed by atoms with E-state index >= 15 is 0 Å². The second-order valence-electron chi connectivity index (χ2n) is 3.74. The first-order chi connectivity index (χ1) is 7.54. The molecule has 5 heteroatoms. The molecule has 0 spiro atoms. The Hall–Kier alpha value is -0.810. The maximum absolute atomic E-state index is 11.7. The van der Waals surface area contributed by atoms with Gasteiger partial charge in [-0.3, -0.25) is 0 Å². The van der Waals surface area contributed by atoms with Gasteiger partial charge in [0.15, 0.2) is 0 Å². The SMILES string of the molecule is CCCSc1cc(C)cc2c1S(=O)(=O)N=C2. The van der Waals surface area contributed by atoms with Gasteiger partial charge in [-0.05, 0) is 36.8 Å². The van der Waals surface area contributed by atoms with E-state index in [2.05, 4.69) is 11.3 Å². The lowest BCUT2D eigenvalue weighted by Gasteiger charge is -2.07. The van der Waals surface area contributed by atoms with Crippen molar-refractivity contribution in [3.63, 3.8) is 0 Å². The van der Waals surface area contributed by atoms with Crippen molar-refractivity contribution < 1.29 is 8.42 Å². The Bertz CT molecular complexity index is 547. The maximum atomic E-state index is 11.7. The van der Waals surface area contributed by atoms with Gasteiger partial charge in [-0.1, -0.05) is 6.92 Å². The minimum Gasteiger partial charge on any atom is -0.199 e. The molecule has 1 aromatic rings. The molecule has 3 nitrogen and oxygen atoms in total. The molecule has 0 radical (unpaired) electrons. The van der Waals surface area contributed by atoms with Gasteiger partial charge in [-0.2, -0.15) is 12.8 Å². The van der Waals surface area contributed by atoms with Crippen molar-refractivity contribution in [1.29, 1.82) is 0 Å². The number of thioether (sulfide) groups is 1. The van der Waals surface area contributed by atoms with Gasteiger partial charge in [-0.25, -0.2) is 0 Å². The van der Waals surface area contributed by atoms with Crippen LogP contribution in [-0.2, 0) is 10.0 Å². The Morgan fingerprint density at radius 2 is 2.12 bits per heavy atom. The molecule has 0 saturated heterocycles. The summed E-state index contributed by atoms with van der Waals surface area (Å²) in [5.74, 6) is 0.922.